The summed E-state index contributed by atoms with van der Waals surface area (Å²) in [5.74, 6) is 0.589. The molecule has 1 aromatic carbocycles. The highest BCUT2D eigenvalue weighted by Gasteiger charge is 2.48. The van der Waals surface area contributed by atoms with Gasteiger partial charge in [-0.25, -0.2) is 0 Å². The highest BCUT2D eigenvalue weighted by atomic mass is 28.4. The van der Waals surface area contributed by atoms with Gasteiger partial charge < -0.3 is 13.6 Å². The molecule has 0 spiro atoms. The predicted octanol–water partition coefficient (Wildman–Crippen LogP) is 10.7. The summed E-state index contributed by atoms with van der Waals surface area (Å²) < 4.78 is 19.0. The molecule has 5 nitrogen and oxygen atoms in total. The van der Waals surface area contributed by atoms with Crippen molar-refractivity contribution in [3.05, 3.63) is 47.5 Å². The monoisotopic (exact) mass is 656 g/mol. The number of carbonyl (C=O) groups excluding carboxylic acids is 2. The Morgan fingerprint density at radius 3 is 2.07 bits per heavy atom. The molecule has 2 aliphatic rings. The Bertz CT molecular complexity index is 1140. The number of benzene rings is 1. The Labute approximate surface area is 277 Å². The molecule has 7 heteroatoms. The second kappa shape index (κ2) is 15.6. The number of methoxy groups -OCH3 is 1. The Morgan fingerprint density at radius 2 is 1.51 bits per heavy atom. The van der Waals surface area contributed by atoms with Gasteiger partial charge in [-0.3, -0.25) is 9.59 Å². The molecule has 2 unspecified atom stereocenters. The van der Waals surface area contributed by atoms with Crippen LogP contribution in [0.5, 0.6) is 0 Å². The molecule has 3 rings (SSSR count). The molecule has 0 heterocycles. The van der Waals surface area contributed by atoms with Gasteiger partial charge in [0.1, 0.15) is 5.78 Å². The van der Waals surface area contributed by atoms with Gasteiger partial charge in [-0.2, -0.15) is 0 Å². The van der Waals surface area contributed by atoms with Gasteiger partial charge in [-0.1, -0.05) is 97.2 Å². The lowest BCUT2D eigenvalue weighted by atomic mass is 9.81. The zero-order valence-electron chi connectivity index (χ0n) is 30.5. The van der Waals surface area contributed by atoms with Gasteiger partial charge in [0.05, 0.1) is 19.3 Å². The van der Waals surface area contributed by atoms with Gasteiger partial charge in [-0.05, 0) is 85.4 Å². The molecule has 0 amide bonds. The molecule has 0 bridgehead atoms. The van der Waals surface area contributed by atoms with Crippen molar-refractivity contribution in [2.24, 2.45) is 11.8 Å². The van der Waals surface area contributed by atoms with Crippen molar-refractivity contribution in [2.75, 3.05) is 7.11 Å². The molecule has 2 aliphatic carbocycles. The van der Waals surface area contributed by atoms with Crippen molar-refractivity contribution in [2.45, 2.75) is 160 Å². The molecule has 4 atom stereocenters. The molecule has 254 valence electrons. The Morgan fingerprint density at radius 1 is 0.911 bits per heavy atom. The molecule has 2 saturated carbocycles. The molecule has 1 aromatic rings. The first-order chi connectivity index (χ1) is 20.9. The van der Waals surface area contributed by atoms with E-state index in [0.717, 1.165) is 12.8 Å². The van der Waals surface area contributed by atoms with E-state index in [1.54, 1.807) is 0 Å². The minimum absolute atomic E-state index is 0.0230. The van der Waals surface area contributed by atoms with Crippen LogP contribution >= 0.6 is 0 Å². The molecular formula is C38H64O5Si2. The van der Waals surface area contributed by atoms with Gasteiger partial charge in [-0.15, -0.1) is 0 Å². The maximum absolute atomic E-state index is 13.6. The second-order valence-corrected chi connectivity index (χ2v) is 26.3. The number of unbranched alkanes of at least 4 members (excludes halogenated alkanes) is 1. The quantitative estimate of drug-likeness (QED) is 0.0915. The number of carbonyl (C=O) groups is 2. The smallest absolute Gasteiger partial charge is 0.305 e. The maximum Gasteiger partial charge on any atom is 0.305 e. The number of hydrogen-bond acceptors (Lipinski definition) is 5. The Hall–Kier alpha value is -1.55. The summed E-state index contributed by atoms with van der Waals surface area (Å²) in [7, 11) is -2.64. The third-order valence-corrected chi connectivity index (χ3v) is 20.4. The summed E-state index contributed by atoms with van der Waals surface area (Å²) in [4.78, 5) is 25.1. The van der Waals surface area contributed by atoms with E-state index in [0.29, 0.717) is 31.0 Å². The third kappa shape index (κ3) is 9.98. The predicted molar refractivity (Wildman–Crippen MR) is 192 cm³/mol. The van der Waals surface area contributed by atoms with Crippen molar-refractivity contribution in [1.29, 1.82) is 0 Å². The SMILES string of the molecule is COC(=O)CCC/C=C\C[C@H]1C(=O)C[C@H](O[Si](C)(C)C(C)(C)C)C1c1ccc(C(O[Si](C)(C)C(C)(C)C)C2CCCCC2)cc1. The highest BCUT2D eigenvalue weighted by molar-refractivity contribution is 6.74. The van der Waals surface area contributed by atoms with E-state index < -0.39 is 16.6 Å². The van der Waals surface area contributed by atoms with Gasteiger partial charge in [0.25, 0.3) is 0 Å². The minimum atomic E-state index is -2.09. The summed E-state index contributed by atoms with van der Waals surface area (Å²) in [5.41, 5.74) is 2.48. The normalized spacial score (nSPS) is 23.1. The Balaban J connectivity index is 1.91. The summed E-state index contributed by atoms with van der Waals surface area (Å²) >= 11 is 0. The van der Waals surface area contributed by atoms with Crippen LogP contribution in [0.1, 0.15) is 129 Å². The van der Waals surface area contributed by atoms with Gasteiger partial charge >= 0.3 is 5.97 Å². The summed E-state index contributed by atoms with van der Waals surface area (Å²) in [6, 6.07) is 9.15. The largest absolute Gasteiger partial charge is 0.469 e. The summed E-state index contributed by atoms with van der Waals surface area (Å²) in [5, 5.41) is 0.217. The number of hydrogen-bond donors (Lipinski definition) is 0. The van der Waals surface area contributed by atoms with Crippen molar-refractivity contribution in [1.82, 2.24) is 0 Å². The first-order valence-electron chi connectivity index (χ1n) is 17.6. The average molecular weight is 657 g/mol. The molecule has 0 saturated heterocycles. The van der Waals surface area contributed by atoms with Gasteiger partial charge in [0.15, 0.2) is 16.6 Å². The van der Waals surface area contributed by atoms with E-state index in [2.05, 4.69) is 104 Å². The Kier molecular flexibility index (Phi) is 13.1. The molecular weight excluding hydrogens is 593 g/mol. The average Bonchev–Trinajstić information content (AvgIpc) is 3.26. The zero-order valence-corrected chi connectivity index (χ0v) is 32.5. The molecule has 0 radical (unpaired) electrons. The summed E-state index contributed by atoms with van der Waals surface area (Å²) in [6.07, 6.45) is 13.8. The van der Waals surface area contributed by atoms with E-state index in [1.165, 1.54) is 50.3 Å². The van der Waals surface area contributed by atoms with E-state index in [9.17, 15) is 9.59 Å². The van der Waals surface area contributed by atoms with E-state index in [4.69, 9.17) is 13.6 Å². The fourth-order valence-electron chi connectivity index (χ4n) is 6.43. The zero-order chi connectivity index (χ0) is 33.6. The van der Waals surface area contributed by atoms with Crippen LogP contribution in [-0.4, -0.2) is 41.6 Å². The maximum atomic E-state index is 13.6. The number of ketones is 1. The molecule has 2 fully saturated rings. The lowest BCUT2D eigenvalue weighted by Crippen LogP contribution is -2.44. The third-order valence-electron chi connectivity index (χ3n) is 11.4. The van der Waals surface area contributed by atoms with Gasteiger partial charge in [0.2, 0.25) is 0 Å². The van der Waals surface area contributed by atoms with Crippen molar-refractivity contribution < 1.29 is 23.2 Å². The van der Waals surface area contributed by atoms with Crippen molar-refractivity contribution in [3.63, 3.8) is 0 Å². The van der Waals surface area contributed by atoms with E-state index in [-0.39, 0.29) is 40.1 Å². The number of Topliss-reactive ketones (excluding diaryl/α,β-unsaturated/α-hetero) is 1. The number of allylic oxidation sites excluding steroid dienone is 2. The number of ether oxygens (including phenoxy) is 1. The van der Waals surface area contributed by atoms with Crippen LogP contribution in [-0.2, 0) is 23.2 Å². The standard InChI is InChI=1S/C38H64O5Si2/c1-37(2,3)44(8,9)42-33-27-32(39)31(21-17-12-13-18-22-34(40)41-7)35(33)28-23-25-30(26-24-28)36(29-19-15-14-16-20-29)43-45(10,11)38(4,5)6/h12,17,23-26,29,31,33,35-36H,13-16,18-22,27H2,1-11H3/b17-12-/t31-,33-,35?,36?/m0/s1. The fraction of sp³-hybridized carbons (Fsp3) is 0.737. The van der Waals surface area contributed by atoms with Crippen LogP contribution in [0.4, 0.5) is 0 Å². The molecule has 0 aromatic heterocycles. The van der Waals surface area contributed by atoms with Crippen LogP contribution in [0.25, 0.3) is 0 Å². The molecule has 0 N–H and O–H groups in total. The lowest BCUT2D eigenvalue weighted by molar-refractivity contribution is -0.140. The summed E-state index contributed by atoms with van der Waals surface area (Å²) in [6.45, 7) is 23.1. The molecule has 45 heavy (non-hydrogen) atoms. The lowest BCUT2D eigenvalue weighted by Gasteiger charge is -2.42. The number of rotatable bonds is 13. The van der Waals surface area contributed by atoms with E-state index in [1.807, 2.05) is 0 Å². The van der Waals surface area contributed by atoms with Crippen LogP contribution < -0.4 is 0 Å². The van der Waals surface area contributed by atoms with Crippen LogP contribution in [0, 0.1) is 11.8 Å². The second-order valence-electron chi connectivity index (χ2n) is 16.8. The van der Waals surface area contributed by atoms with Gasteiger partial charge in [0, 0.05) is 24.7 Å². The number of esters is 1. The first-order valence-corrected chi connectivity index (χ1v) is 23.4. The van der Waals surface area contributed by atoms with E-state index >= 15 is 0 Å². The van der Waals surface area contributed by atoms with Crippen molar-refractivity contribution in [3.8, 4) is 0 Å². The topological polar surface area (TPSA) is 61.8 Å². The minimum Gasteiger partial charge on any atom is -0.469 e. The van der Waals surface area contributed by atoms with Crippen LogP contribution in [0.3, 0.4) is 0 Å². The molecule has 0 aliphatic heterocycles. The van der Waals surface area contributed by atoms with Crippen LogP contribution in [0.2, 0.25) is 36.3 Å². The highest BCUT2D eigenvalue weighted by Crippen LogP contribution is 2.48. The van der Waals surface area contributed by atoms with Crippen molar-refractivity contribution >= 4 is 28.4 Å². The van der Waals surface area contributed by atoms with Crippen LogP contribution in [0.15, 0.2) is 36.4 Å². The first kappa shape index (κ1) is 37.9. The fourth-order valence-corrected chi connectivity index (χ4v) is 9.09.